The van der Waals surface area contributed by atoms with E-state index in [1.54, 1.807) is 0 Å². The Balaban J connectivity index is 2.27. The lowest BCUT2D eigenvalue weighted by Gasteiger charge is -2.10. The van der Waals surface area contributed by atoms with Gasteiger partial charge in [0.15, 0.2) is 0 Å². The number of rotatable bonds is 2. The van der Waals surface area contributed by atoms with Gasteiger partial charge in [-0.15, -0.1) is 0 Å². The molecule has 0 atom stereocenters. The normalized spacial score (nSPS) is 10.2. The molecular weight excluding hydrogens is 262 g/mol. The Bertz CT molecular complexity index is 506. The van der Waals surface area contributed by atoms with Gasteiger partial charge in [0.25, 0.3) is 0 Å². The van der Waals surface area contributed by atoms with Crippen molar-refractivity contribution in [1.29, 1.82) is 0 Å². The molecule has 0 aromatic heterocycles. The lowest BCUT2D eigenvalue weighted by molar-refractivity contribution is 1.40. The van der Waals surface area contributed by atoms with E-state index >= 15 is 0 Å². The summed E-state index contributed by atoms with van der Waals surface area (Å²) < 4.78 is 1.11. The maximum absolute atomic E-state index is 3.47. The highest BCUT2D eigenvalue weighted by Crippen LogP contribution is 2.24. The minimum absolute atomic E-state index is 1.11. The molecular formula is C14H14BrN. The highest BCUT2D eigenvalue weighted by atomic mass is 79.9. The molecule has 2 aromatic rings. The van der Waals surface area contributed by atoms with Gasteiger partial charge in [-0.05, 0) is 55.3 Å². The zero-order chi connectivity index (χ0) is 11.5. The molecule has 0 aliphatic carbocycles. The molecule has 1 nitrogen and oxygen atoms in total. The van der Waals surface area contributed by atoms with Crippen LogP contribution in [0.3, 0.4) is 0 Å². The maximum atomic E-state index is 3.47. The molecule has 0 spiro atoms. The van der Waals surface area contributed by atoms with Crippen LogP contribution in [-0.4, -0.2) is 0 Å². The summed E-state index contributed by atoms with van der Waals surface area (Å²) in [5, 5.41) is 3.42. The molecule has 1 N–H and O–H groups in total. The Morgan fingerprint density at radius 1 is 1.00 bits per heavy atom. The van der Waals surface area contributed by atoms with Crippen LogP contribution in [0.2, 0.25) is 0 Å². The molecule has 0 bridgehead atoms. The highest BCUT2D eigenvalue weighted by molar-refractivity contribution is 9.10. The SMILES string of the molecule is Cc1cccc(Nc2ccc(Br)cc2C)c1. The van der Waals surface area contributed by atoms with Crippen molar-refractivity contribution in [1.82, 2.24) is 0 Å². The molecule has 2 heteroatoms. The van der Waals surface area contributed by atoms with E-state index in [1.807, 2.05) is 6.07 Å². The van der Waals surface area contributed by atoms with E-state index in [1.165, 1.54) is 11.1 Å². The van der Waals surface area contributed by atoms with Crippen LogP contribution >= 0.6 is 15.9 Å². The molecule has 16 heavy (non-hydrogen) atoms. The third-order valence-electron chi connectivity index (χ3n) is 2.49. The van der Waals surface area contributed by atoms with Gasteiger partial charge in [0.05, 0.1) is 0 Å². The summed E-state index contributed by atoms with van der Waals surface area (Å²) in [5.74, 6) is 0. The molecule has 0 amide bonds. The number of hydrogen-bond donors (Lipinski definition) is 1. The van der Waals surface area contributed by atoms with Crippen molar-refractivity contribution in [3.05, 3.63) is 58.1 Å². The lowest BCUT2D eigenvalue weighted by atomic mass is 10.1. The fraction of sp³-hybridized carbons (Fsp3) is 0.143. The van der Waals surface area contributed by atoms with Gasteiger partial charge in [0.1, 0.15) is 0 Å². The minimum Gasteiger partial charge on any atom is -0.355 e. The Hall–Kier alpha value is -1.28. The average molecular weight is 276 g/mol. The molecule has 2 rings (SSSR count). The first kappa shape index (κ1) is 11.2. The van der Waals surface area contributed by atoms with Gasteiger partial charge in [0, 0.05) is 15.8 Å². The molecule has 0 aliphatic rings. The first-order valence-corrected chi connectivity index (χ1v) is 6.04. The second kappa shape index (κ2) is 4.71. The van der Waals surface area contributed by atoms with Crippen LogP contribution in [0.4, 0.5) is 11.4 Å². The average Bonchev–Trinajstić information content (AvgIpc) is 2.22. The van der Waals surface area contributed by atoms with Crippen LogP contribution in [0.15, 0.2) is 46.9 Å². The summed E-state index contributed by atoms with van der Waals surface area (Å²) in [5.41, 5.74) is 4.77. The van der Waals surface area contributed by atoms with Gasteiger partial charge in [-0.3, -0.25) is 0 Å². The second-order valence-electron chi connectivity index (χ2n) is 3.95. The van der Waals surface area contributed by atoms with Crippen molar-refractivity contribution >= 4 is 27.3 Å². The van der Waals surface area contributed by atoms with E-state index in [9.17, 15) is 0 Å². The largest absolute Gasteiger partial charge is 0.355 e. The van der Waals surface area contributed by atoms with Crippen LogP contribution < -0.4 is 5.32 Å². The Morgan fingerprint density at radius 3 is 2.50 bits per heavy atom. The van der Waals surface area contributed by atoms with Gasteiger partial charge in [0.2, 0.25) is 0 Å². The summed E-state index contributed by atoms with van der Waals surface area (Å²) in [6, 6.07) is 14.6. The zero-order valence-corrected chi connectivity index (χ0v) is 11.0. The predicted molar refractivity (Wildman–Crippen MR) is 73.3 cm³/mol. The molecule has 0 heterocycles. The maximum Gasteiger partial charge on any atom is 0.0414 e. The van der Waals surface area contributed by atoms with Crippen LogP contribution in [0.25, 0.3) is 0 Å². The standard InChI is InChI=1S/C14H14BrN/c1-10-4-3-5-13(8-10)16-14-7-6-12(15)9-11(14)2/h3-9,16H,1-2H3. The molecule has 2 aromatic carbocycles. The van der Waals surface area contributed by atoms with Crippen LogP contribution in [0.1, 0.15) is 11.1 Å². The van der Waals surface area contributed by atoms with Crippen LogP contribution in [0.5, 0.6) is 0 Å². The summed E-state index contributed by atoms with van der Waals surface area (Å²) in [7, 11) is 0. The minimum atomic E-state index is 1.11. The van der Waals surface area contributed by atoms with E-state index in [2.05, 4.69) is 71.5 Å². The van der Waals surface area contributed by atoms with E-state index in [0.717, 1.165) is 15.8 Å². The Morgan fingerprint density at radius 2 is 1.81 bits per heavy atom. The number of anilines is 2. The van der Waals surface area contributed by atoms with Crippen molar-refractivity contribution in [2.24, 2.45) is 0 Å². The lowest BCUT2D eigenvalue weighted by Crippen LogP contribution is -1.93. The second-order valence-corrected chi connectivity index (χ2v) is 4.87. The van der Waals surface area contributed by atoms with Crippen molar-refractivity contribution in [2.75, 3.05) is 5.32 Å². The molecule has 0 radical (unpaired) electrons. The van der Waals surface area contributed by atoms with Gasteiger partial charge in [-0.25, -0.2) is 0 Å². The van der Waals surface area contributed by atoms with E-state index in [0.29, 0.717) is 0 Å². The molecule has 0 aliphatic heterocycles. The highest BCUT2D eigenvalue weighted by Gasteiger charge is 1.99. The van der Waals surface area contributed by atoms with Crippen LogP contribution in [-0.2, 0) is 0 Å². The molecule has 82 valence electrons. The number of benzene rings is 2. The van der Waals surface area contributed by atoms with E-state index in [-0.39, 0.29) is 0 Å². The Kier molecular flexibility index (Phi) is 3.30. The smallest absolute Gasteiger partial charge is 0.0414 e. The van der Waals surface area contributed by atoms with Crippen LogP contribution in [0, 0.1) is 13.8 Å². The summed E-state index contributed by atoms with van der Waals surface area (Å²) >= 11 is 3.47. The summed E-state index contributed by atoms with van der Waals surface area (Å²) in [6.07, 6.45) is 0. The quantitative estimate of drug-likeness (QED) is 0.830. The molecule has 0 saturated heterocycles. The van der Waals surface area contributed by atoms with Gasteiger partial charge >= 0.3 is 0 Å². The van der Waals surface area contributed by atoms with Crippen molar-refractivity contribution in [3.63, 3.8) is 0 Å². The first-order valence-electron chi connectivity index (χ1n) is 5.25. The zero-order valence-electron chi connectivity index (χ0n) is 9.42. The topological polar surface area (TPSA) is 12.0 Å². The number of hydrogen-bond acceptors (Lipinski definition) is 1. The molecule has 0 fully saturated rings. The number of halogens is 1. The molecule has 0 unspecified atom stereocenters. The Labute approximate surface area is 105 Å². The third kappa shape index (κ3) is 2.64. The van der Waals surface area contributed by atoms with Crippen molar-refractivity contribution in [2.45, 2.75) is 13.8 Å². The summed E-state index contributed by atoms with van der Waals surface area (Å²) in [6.45, 7) is 4.20. The first-order chi connectivity index (χ1) is 7.65. The fourth-order valence-electron chi connectivity index (χ4n) is 1.65. The number of aryl methyl sites for hydroxylation is 2. The predicted octanol–water partition coefficient (Wildman–Crippen LogP) is 4.81. The van der Waals surface area contributed by atoms with Gasteiger partial charge in [-0.1, -0.05) is 28.1 Å². The van der Waals surface area contributed by atoms with Gasteiger partial charge in [-0.2, -0.15) is 0 Å². The van der Waals surface area contributed by atoms with E-state index < -0.39 is 0 Å². The number of nitrogens with one attached hydrogen (secondary N) is 1. The summed E-state index contributed by atoms with van der Waals surface area (Å²) in [4.78, 5) is 0. The third-order valence-corrected chi connectivity index (χ3v) is 2.98. The fourth-order valence-corrected chi connectivity index (χ4v) is 2.12. The monoisotopic (exact) mass is 275 g/mol. The van der Waals surface area contributed by atoms with Crippen molar-refractivity contribution < 1.29 is 0 Å². The van der Waals surface area contributed by atoms with Gasteiger partial charge < -0.3 is 5.32 Å². The molecule has 0 saturated carbocycles. The van der Waals surface area contributed by atoms with E-state index in [4.69, 9.17) is 0 Å². The van der Waals surface area contributed by atoms with Crippen molar-refractivity contribution in [3.8, 4) is 0 Å².